The van der Waals surface area contributed by atoms with Crippen molar-refractivity contribution in [3.63, 3.8) is 0 Å². The summed E-state index contributed by atoms with van der Waals surface area (Å²) in [6.07, 6.45) is 3.82. The highest BCUT2D eigenvalue weighted by Gasteiger charge is 2.14. The summed E-state index contributed by atoms with van der Waals surface area (Å²) < 4.78 is 1.80. The van der Waals surface area contributed by atoms with Gasteiger partial charge in [-0.3, -0.25) is 4.98 Å². The van der Waals surface area contributed by atoms with Gasteiger partial charge in [0.15, 0.2) is 0 Å². The molecule has 3 rings (SSSR count). The fourth-order valence-corrected chi connectivity index (χ4v) is 2.38. The van der Waals surface area contributed by atoms with E-state index in [0.717, 1.165) is 22.3 Å². The molecular weight excluding hydrogens is 272 g/mol. The summed E-state index contributed by atoms with van der Waals surface area (Å²) in [5.41, 5.74) is 4.37. The molecule has 0 aliphatic carbocycles. The standard InChI is InChI=1S/C18H22N4/c1-12(2)17-11-22(21-20-17)15-9-13-8-14(18(3,4)5)6-7-16(13)19-10-15/h6-12H,1-5H3. The number of hydrogen-bond acceptors (Lipinski definition) is 3. The van der Waals surface area contributed by atoms with E-state index in [2.05, 4.69) is 74.2 Å². The van der Waals surface area contributed by atoms with Crippen molar-refractivity contribution in [2.45, 2.75) is 46.0 Å². The second-order valence-corrected chi connectivity index (χ2v) is 7.09. The second kappa shape index (κ2) is 5.20. The normalized spacial score (nSPS) is 12.3. The smallest absolute Gasteiger partial charge is 0.0857 e. The molecule has 0 saturated heterocycles. The molecule has 0 aliphatic rings. The highest BCUT2D eigenvalue weighted by molar-refractivity contribution is 5.81. The Morgan fingerprint density at radius 3 is 2.50 bits per heavy atom. The zero-order valence-electron chi connectivity index (χ0n) is 13.8. The lowest BCUT2D eigenvalue weighted by molar-refractivity contribution is 0.591. The molecule has 0 aliphatic heterocycles. The molecule has 0 atom stereocenters. The molecule has 0 spiro atoms. The van der Waals surface area contributed by atoms with Crippen molar-refractivity contribution < 1.29 is 0 Å². The Hall–Kier alpha value is -2.23. The van der Waals surface area contributed by atoms with E-state index >= 15 is 0 Å². The Morgan fingerprint density at radius 2 is 1.86 bits per heavy atom. The van der Waals surface area contributed by atoms with Crippen molar-refractivity contribution in [3.8, 4) is 5.69 Å². The molecule has 2 heterocycles. The average Bonchev–Trinajstić information content (AvgIpc) is 2.95. The minimum absolute atomic E-state index is 0.127. The quantitative estimate of drug-likeness (QED) is 0.710. The first-order valence-electron chi connectivity index (χ1n) is 7.67. The Labute approximate surface area is 131 Å². The molecule has 0 radical (unpaired) electrons. The molecule has 0 amide bonds. The zero-order valence-corrected chi connectivity index (χ0v) is 13.8. The van der Waals surface area contributed by atoms with Gasteiger partial charge in [-0.25, -0.2) is 4.68 Å². The number of nitrogens with zero attached hydrogens (tertiary/aromatic N) is 4. The van der Waals surface area contributed by atoms with Gasteiger partial charge < -0.3 is 0 Å². The van der Waals surface area contributed by atoms with Gasteiger partial charge in [0.2, 0.25) is 0 Å². The van der Waals surface area contributed by atoms with Crippen LogP contribution < -0.4 is 0 Å². The van der Waals surface area contributed by atoms with Gasteiger partial charge in [-0.2, -0.15) is 0 Å². The molecule has 2 aromatic heterocycles. The molecule has 0 fully saturated rings. The minimum atomic E-state index is 0.127. The van der Waals surface area contributed by atoms with E-state index in [1.807, 2.05) is 12.4 Å². The summed E-state index contributed by atoms with van der Waals surface area (Å²) in [5.74, 6) is 0.370. The average molecular weight is 294 g/mol. The van der Waals surface area contributed by atoms with Gasteiger partial charge >= 0.3 is 0 Å². The maximum Gasteiger partial charge on any atom is 0.0857 e. The Morgan fingerprint density at radius 1 is 1.09 bits per heavy atom. The number of rotatable bonds is 2. The van der Waals surface area contributed by atoms with Gasteiger partial charge in [-0.1, -0.05) is 45.9 Å². The van der Waals surface area contributed by atoms with Crippen molar-refractivity contribution >= 4 is 10.9 Å². The second-order valence-electron chi connectivity index (χ2n) is 7.09. The molecule has 114 valence electrons. The first-order chi connectivity index (χ1) is 10.3. The van der Waals surface area contributed by atoms with Crippen molar-refractivity contribution in [1.29, 1.82) is 0 Å². The number of aromatic nitrogens is 4. The molecule has 1 aromatic carbocycles. The van der Waals surface area contributed by atoms with Crippen LogP contribution in [0.4, 0.5) is 0 Å². The number of hydrogen-bond donors (Lipinski definition) is 0. The van der Waals surface area contributed by atoms with Crippen LogP contribution in [0.15, 0.2) is 36.7 Å². The van der Waals surface area contributed by atoms with Crippen LogP contribution in [-0.4, -0.2) is 20.0 Å². The molecule has 22 heavy (non-hydrogen) atoms. The molecular formula is C18H22N4. The monoisotopic (exact) mass is 294 g/mol. The van der Waals surface area contributed by atoms with Gasteiger partial charge in [-0.15, -0.1) is 5.10 Å². The predicted molar refractivity (Wildman–Crippen MR) is 89.4 cm³/mol. The van der Waals surface area contributed by atoms with E-state index in [9.17, 15) is 0 Å². The molecule has 4 heteroatoms. The fraction of sp³-hybridized carbons (Fsp3) is 0.389. The van der Waals surface area contributed by atoms with Crippen molar-refractivity contribution in [2.24, 2.45) is 0 Å². The molecule has 0 saturated carbocycles. The summed E-state index contributed by atoms with van der Waals surface area (Å²) in [6.45, 7) is 10.9. The molecule has 4 nitrogen and oxygen atoms in total. The van der Waals surface area contributed by atoms with Gasteiger partial charge in [0.1, 0.15) is 0 Å². The Kier molecular flexibility index (Phi) is 3.47. The van der Waals surface area contributed by atoms with Crippen molar-refractivity contribution in [1.82, 2.24) is 20.0 Å². The number of benzene rings is 1. The van der Waals surface area contributed by atoms with E-state index in [-0.39, 0.29) is 5.41 Å². The predicted octanol–water partition coefficient (Wildman–Crippen LogP) is 4.24. The van der Waals surface area contributed by atoms with E-state index < -0.39 is 0 Å². The molecule has 0 N–H and O–H groups in total. The topological polar surface area (TPSA) is 43.6 Å². The maximum absolute atomic E-state index is 4.55. The van der Waals surface area contributed by atoms with Gasteiger partial charge in [-0.05, 0) is 35.1 Å². The van der Waals surface area contributed by atoms with E-state index in [0.29, 0.717) is 5.92 Å². The van der Waals surface area contributed by atoms with Crippen LogP contribution in [0.2, 0.25) is 0 Å². The van der Waals surface area contributed by atoms with Crippen LogP contribution >= 0.6 is 0 Å². The summed E-state index contributed by atoms with van der Waals surface area (Å²) in [6, 6.07) is 8.57. The van der Waals surface area contributed by atoms with Crippen LogP contribution in [0.5, 0.6) is 0 Å². The Balaban J connectivity index is 2.07. The highest BCUT2D eigenvalue weighted by Crippen LogP contribution is 2.26. The first-order valence-corrected chi connectivity index (χ1v) is 7.67. The van der Waals surface area contributed by atoms with Crippen LogP contribution in [0, 0.1) is 0 Å². The number of fused-ring (bicyclic) bond motifs is 1. The molecule has 0 bridgehead atoms. The zero-order chi connectivity index (χ0) is 15.9. The Bertz CT molecular complexity index is 809. The largest absolute Gasteiger partial charge is 0.254 e. The minimum Gasteiger partial charge on any atom is -0.254 e. The SMILES string of the molecule is CC(C)c1cn(-c2cnc3ccc(C(C)(C)C)cc3c2)nn1. The fourth-order valence-electron chi connectivity index (χ4n) is 2.38. The van der Waals surface area contributed by atoms with Gasteiger partial charge in [0.25, 0.3) is 0 Å². The van der Waals surface area contributed by atoms with Crippen LogP contribution in [0.25, 0.3) is 16.6 Å². The highest BCUT2D eigenvalue weighted by atomic mass is 15.4. The third-order valence-electron chi connectivity index (χ3n) is 3.90. The first kappa shape index (κ1) is 14.7. The molecule has 0 unspecified atom stereocenters. The van der Waals surface area contributed by atoms with Gasteiger partial charge in [0.05, 0.1) is 29.3 Å². The summed E-state index contributed by atoms with van der Waals surface area (Å²) in [5, 5.41) is 9.56. The van der Waals surface area contributed by atoms with E-state index in [4.69, 9.17) is 0 Å². The summed E-state index contributed by atoms with van der Waals surface area (Å²) in [7, 11) is 0. The summed E-state index contributed by atoms with van der Waals surface area (Å²) in [4.78, 5) is 4.55. The van der Waals surface area contributed by atoms with E-state index in [1.54, 1.807) is 4.68 Å². The summed E-state index contributed by atoms with van der Waals surface area (Å²) >= 11 is 0. The number of pyridine rings is 1. The maximum atomic E-state index is 4.55. The van der Waals surface area contributed by atoms with Crippen LogP contribution in [-0.2, 0) is 5.41 Å². The van der Waals surface area contributed by atoms with Gasteiger partial charge in [0, 0.05) is 5.39 Å². The van der Waals surface area contributed by atoms with Crippen molar-refractivity contribution in [3.05, 3.63) is 47.9 Å². The van der Waals surface area contributed by atoms with Crippen molar-refractivity contribution in [2.75, 3.05) is 0 Å². The lowest BCUT2D eigenvalue weighted by Gasteiger charge is -2.19. The third-order valence-corrected chi connectivity index (χ3v) is 3.90. The third kappa shape index (κ3) is 2.73. The van der Waals surface area contributed by atoms with E-state index in [1.165, 1.54) is 5.56 Å². The lowest BCUT2D eigenvalue weighted by Crippen LogP contribution is -2.10. The van der Waals surface area contributed by atoms with Crippen LogP contribution in [0.3, 0.4) is 0 Å². The molecule has 3 aromatic rings. The van der Waals surface area contributed by atoms with Crippen LogP contribution in [0.1, 0.15) is 51.8 Å². The lowest BCUT2D eigenvalue weighted by atomic mass is 9.86.